The number of aromatic amines is 1. The summed E-state index contributed by atoms with van der Waals surface area (Å²) >= 11 is 0. The Labute approximate surface area is 63.4 Å². The van der Waals surface area contributed by atoms with Crippen LogP contribution < -0.4 is 0 Å². The Hall–Kier alpha value is -1.71. The third-order valence-corrected chi connectivity index (χ3v) is 1.28. The van der Waals surface area contributed by atoms with Crippen LogP contribution in [0.4, 0.5) is 0 Å². The first kappa shape index (κ1) is 6.03. The Morgan fingerprint density at radius 3 is 2.73 bits per heavy atom. The fourth-order valence-corrected chi connectivity index (χ4v) is 0.798. The van der Waals surface area contributed by atoms with Crippen LogP contribution in [0.25, 0.3) is 11.4 Å². The standard InChI is InChI=1S/C7H5N4/c1-2-11-7(10-1)6-3-8-5-9-4-6/h1,3-5H,(H,10,11). The average Bonchev–Trinajstić information content (AvgIpc) is 2.58. The largest absolute Gasteiger partial charge is 0.337 e. The number of hydrogen-bond donors (Lipinski definition) is 1. The summed E-state index contributed by atoms with van der Waals surface area (Å²) in [5, 5.41) is 0. The second-order valence-corrected chi connectivity index (χ2v) is 2.00. The zero-order valence-electron chi connectivity index (χ0n) is 5.65. The van der Waals surface area contributed by atoms with Crippen molar-refractivity contribution in [1.82, 2.24) is 19.9 Å². The van der Waals surface area contributed by atoms with Crippen molar-refractivity contribution in [3.63, 3.8) is 0 Å². The summed E-state index contributed by atoms with van der Waals surface area (Å²) in [6, 6.07) is 0. The molecule has 53 valence electrons. The summed E-state index contributed by atoms with van der Waals surface area (Å²) < 4.78 is 0. The summed E-state index contributed by atoms with van der Waals surface area (Å²) in [7, 11) is 0. The third kappa shape index (κ3) is 1.10. The molecule has 11 heavy (non-hydrogen) atoms. The average molecular weight is 145 g/mol. The van der Waals surface area contributed by atoms with Crippen molar-refractivity contribution >= 4 is 0 Å². The Kier molecular flexibility index (Phi) is 1.37. The van der Waals surface area contributed by atoms with Crippen LogP contribution in [0.15, 0.2) is 24.9 Å². The molecule has 4 nitrogen and oxygen atoms in total. The van der Waals surface area contributed by atoms with Crippen LogP contribution in [-0.2, 0) is 0 Å². The van der Waals surface area contributed by atoms with E-state index in [1.54, 1.807) is 18.6 Å². The molecule has 2 heterocycles. The van der Waals surface area contributed by atoms with Crippen molar-refractivity contribution in [2.75, 3.05) is 0 Å². The van der Waals surface area contributed by atoms with Gasteiger partial charge in [-0.3, -0.25) is 0 Å². The van der Waals surface area contributed by atoms with Gasteiger partial charge in [0.05, 0.1) is 18.0 Å². The molecule has 2 aromatic heterocycles. The van der Waals surface area contributed by atoms with Gasteiger partial charge in [0.1, 0.15) is 12.2 Å². The maximum Gasteiger partial charge on any atom is 0.140 e. The van der Waals surface area contributed by atoms with Crippen LogP contribution in [0.5, 0.6) is 0 Å². The summed E-state index contributed by atoms with van der Waals surface area (Å²) in [4.78, 5) is 14.5. The monoisotopic (exact) mass is 145 g/mol. The Bertz CT molecular complexity index is 313. The van der Waals surface area contributed by atoms with Crippen LogP contribution in [0.2, 0.25) is 0 Å². The molecule has 0 saturated heterocycles. The predicted molar refractivity (Wildman–Crippen MR) is 38.4 cm³/mol. The summed E-state index contributed by atoms with van der Waals surface area (Å²) in [6.07, 6.45) is 9.18. The zero-order chi connectivity index (χ0) is 7.52. The molecule has 0 aromatic carbocycles. The SMILES string of the molecule is [c]1cnc(-c2cncnc2)[nH]1. The number of imidazole rings is 1. The van der Waals surface area contributed by atoms with Gasteiger partial charge in [-0.15, -0.1) is 0 Å². The molecular weight excluding hydrogens is 140 g/mol. The first-order valence-corrected chi connectivity index (χ1v) is 3.13. The first-order chi connectivity index (χ1) is 5.47. The smallest absolute Gasteiger partial charge is 0.140 e. The van der Waals surface area contributed by atoms with Gasteiger partial charge < -0.3 is 4.98 Å². The van der Waals surface area contributed by atoms with Crippen molar-refractivity contribution in [3.8, 4) is 11.4 Å². The molecule has 0 aliphatic heterocycles. The lowest BCUT2D eigenvalue weighted by Crippen LogP contribution is -1.82. The van der Waals surface area contributed by atoms with Gasteiger partial charge >= 0.3 is 0 Å². The van der Waals surface area contributed by atoms with E-state index in [-0.39, 0.29) is 0 Å². The van der Waals surface area contributed by atoms with E-state index in [0.717, 1.165) is 11.4 Å². The van der Waals surface area contributed by atoms with Crippen LogP contribution in [0, 0.1) is 6.20 Å². The molecule has 4 heteroatoms. The quantitative estimate of drug-likeness (QED) is 0.641. The molecule has 1 N–H and O–H groups in total. The molecule has 0 aliphatic carbocycles. The molecule has 0 atom stereocenters. The van der Waals surface area contributed by atoms with Crippen molar-refractivity contribution in [2.24, 2.45) is 0 Å². The van der Waals surface area contributed by atoms with Crippen LogP contribution in [-0.4, -0.2) is 19.9 Å². The number of rotatable bonds is 1. The third-order valence-electron chi connectivity index (χ3n) is 1.28. The van der Waals surface area contributed by atoms with Crippen LogP contribution in [0.1, 0.15) is 0 Å². The molecule has 0 saturated carbocycles. The second-order valence-electron chi connectivity index (χ2n) is 2.00. The van der Waals surface area contributed by atoms with Gasteiger partial charge in [-0.05, 0) is 0 Å². The van der Waals surface area contributed by atoms with E-state index in [0.29, 0.717) is 0 Å². The fraction of sp³-hybridized carbons (Fsp3) is 0. The summed E-state index contributed by atoms with van der Waals surface area (Å²) in [5.41, 5.74) is 0.869. The van der Waals surface area contributed by atoms with Crippen molar-refractivity contribution in [1.29, 1.82) is 0 Å². The summed E-state index contributed by atoms with van der Waals surface area (Å²) in [6.45, 7) is 0. The second kappa shape index (κ2) is 2.49. The molecule has 0 aliphatic rings. The van der Waals surface area contributed by atoms with Crippen LogP contribution in [0.3, 0.4) is 0 Å². The van der Waals surface area contributed by atoms with Gasteiger partial charge in [0.25, 0.3) is 0 Å². The topological polar surface area (TPSA) is 54.5 Å². The minimum Gasteiger partial charge on any atom is -0.337 e. The fourth-order valence-electron chi connectivity index (χ4n) is 0.798. The molecule has 0 bridgehead atoms. The van der Waals surface area contributed by atoms with Crippen molar-refractivity contribution in [2.45, 2.75) is 0 Å². The lowest BCUT2D eigenvalue weighted by atomic mass is 10.3. The zero-order valence-corrected chi connectivity index (χ0v) is 5.65. The van der Waals surface area contributed by atoms with E-state index < -0.39 is 0 Å². The molecule has 0 amide bonds. The van der Waals surface area contributed by atoms with E-state index in [1.165, 1.54) is 6.33 Å². The summed E-state index contributed by atoms with van der Waals surface area (Å²) in [5.74, 6) is 0.741. The highest BCUT2D eigenvalue weighted by atomic mass is 14.9. The molecule has 0 unspecified atom stereocenters. The minimum absolute atomic E-state index is 0.741. The highest BCUT2D eigenvalue weighted by molar-refractivity contribution is 5.50. The normalized spacial score (nSPS) is 9.82. The van der Waals surface area contributed by atoms with Gasteiger partial charge in [0.2, 0.25) is 0 Å². The van der Waals surface area contributed by atoms with Gasteiger partial charge in [-0.1, -0.05) is 0 Å². The number of H-pyrrole nitrogens is 1. The van der Waals surface area contributed by atoms with Gasteiger partial charge in [0.15, 0.2) is 0 Å². The Balaban J connectivity index is 2.46. The van der Waals surface area contributed by atoms with E-state index in [1.807, 2.05) is 0 Å². The molecule has 0 fully saturated rings. The number of nitrogens with zero attached hydrogens (tertiary/aromatic N) is 3. The number of hydrogen-bond acceptors (Lipinski definition) is 3. The predicted octanol–water partition coefficient (Wildman–Crippen LogP) is 0.667. The van der Waals surface area contributed by atoms with Crippen molar-refractivity contribution in [3.05, 3.63) is 31.1 Å². The highest BCUT2D eigenvalue weighted by Gasteiger charge is 1.97. The van der Waals surface area contributed by atoms with E-state index in [9.17, 15) is 0 Å². The molecule has 1 radical (unpaired) electrons. The van der Waals surface area contributed by atoms with Gasteiger partial charge in [0, 0.05) is 12.4 Å². The lowest BCUT2D eigenvalue weighted by Gasteiger charge is -1.91. The van der Waals surface area contributed by atoms with Gasteiger partial charge in [-0.25, -0.2) is 15.0 Å². The maximum atomic E-state index is 4.00. The number of aromatic nitrogens is 4. The van der Waals surface area contributed by atoms with Crippen molar-refractivity contribution < 1.29 is 0 Å². The molecular formula is C7H5N4. The molecule has 0 spiro atoms. The Morgan fingerprint density at radius 1 is 1.27 bits per heavy atom. The first-order valence-electron chi connectivity index (χ1n) is 3.13. The van der Waals surface area contributed by atoms with E-state index >= 15 is 0 Å². The van der Waals surface area contributed by atoms with E-state index in [4.69, 9.17) is 0 Å². The maximum absolute atomic E-state index is 4.00. The Morgan fingerprint density at radius 2 is 2.09 bits per heavy atom. The highest BCUT2D eigenvalue weighted by Crippen LogP contribution is 2.08. The van der Waals surface area contributed by atoms with E-state index in [2.05, 4.69) is 26.1 Å². The number of nitrogens with one attached hydrogen (secondary N) is 1. The lowest BCUT2D eigenvalue weighted by molar-refractivity contribution is 1.15. The molecule has 2 rings (SSSR count). The van der Waals surface area contributed by atoms with Crippen LogP contribution >= 0.6 is 0 Å². The van der Waals surface area contributed by atoms with Gasteiger partial charge in [-0.2, -0.15) is 0 Å². The molecule has 2 aromatic rings. The minimum atomic E-state index is 0.741.